The third-order valence-electron chi connectivity index (χ3n) is 7.06. The first kappa shape index (κ1) is 19.8. The molecule has 0 unspecified atom stereocenters. The van der Waals surface area contributed by atoms with Gasteiger partial charge in [0, 0.05) is 47.1 Å². The first-order valence-electron chi connectivity index (χ1n) is 11.1. The van der Waals surface area contributed by atoms with Crippen molar-refractivity contribution in [1.29, 1.82) is 5.26 Å². The summed E-state index contributed by atoms with van der Waals surface area (Å²) in [7, 11) is 0. The van der Waals surface area contributed by atoms with Crippen LogP contribution in [-0.2, 0) is 0 Å². The Morgan fingerprint density at radius 2 is 1.83 bits per heavy atom. The molecular weight excluding hydrogens is 438 g/mol. The second kappa shape index (κ2) is 8.56. The largest absolute Gasteiger partial charge is 0.367 e. The highest BCUT2D eigenvalue weighted by molar-refractivity contribution is 9.10. The van der Waals surface area contributed by atoms with Crippen molar-refractivity contribution in [3.63, 3.8) is 0 Å². The summed E-state index contributed by atoms with van der Waals surface area (Å²) in [6.45, 7) is 1.14. The van der Waals surface area contributed by atoms with Crippen LogP contribution in [0.5, 0.6) is 0 Å². The summed E-state index contributed by atoms with van der Waals surface area (Å²) in [5.74, 6) is 1.72. The molecule has 156 valence electrons. The van der Waals surface area contributed by atoms with Crippen molar-refractivity contribution < 1.29 is 0 Å². The van der Waals surface area contributed by atoms with Crippen LogP contribution in [0.1, 0.15) is 44.1 Å². The number of nitriles is 1. The van der Waals surface area contributed by atoms with Crippen LogP contribution in [0.3, 0.4) is 0 Å². The van der Waals surface area contributed by atoms with Gasteiger partial charge in [-0.2, -0.15) is 5.26 Å². The number of nitrogens with zero attached hydrogens (tertiary/aromatic N) is 3. The molecular formula is C24H28BrN5. The van der Waals surface area contributed by atoms with E-state index in [0.29, 0.717) is 24.2 Å². The number of rotatable bonds is 5. The second-order valence-corrected chi connectivity index (χ2v) is 9.91. The van der Waals surface area contributed by atoms with E-state index in [1.165, 1.54) is 44.2 Å². The SMILES string of the molecule is N#Cc1ccc(N2C[C@@H]3C[C@H](N[C@@H]4CCCC[C@H]4Nc4cc(Br)ccn4)[C@H]2C3)cc1. The zero-order valence-electron chi connectivity index (χ0n) is 17.1. The molecule has 6 heteroatoms. The molecule has 5 atom stereocenters. The van der Waals surface area contributed by atoms with Crippen LogP contribution in [0, 0.1) is 17.2 Å². The number of halogens is 1. The van der Waals surface area contributed by atoms with Crippen molar-refractivity contribution in [2.45, 2.75) is 62.7 Å². The number of benzene rings is 1. The van der Waals surface area contributed by atoms with Gasteiger partial charge in [0.15, 0.2) is 0 Å². The fourth-order valence-corrected chi connectivity index (χ4v) is 6.02. The Labute approximate surface area is 187 Å². The van der Waals surface area contributed by atoms with Crippen LogP contribution in [-0.4, -0.2) is 35.7 Å². The number of nitrogens with one attached hydrogen (secondary N) is 2. The molecule has 1 saturated heterocycles. The molecule has 0 amide bonds. The lowest BCUT2D eigenvalue weighted by Gasteiger charge is -2.41. The van der Waals surface area contributed by atoms with Gasteiger partial charge in [0.1, 0.15) is 5.82 Å². The summed E-state index contributed by atoms with van der Waals surface area (Å²) < 4.78 is 1.06. The van der Waals surface area contributed by atoms with Gasteiger partial charge >= 0.3 is 0 Å². The maximum Gasteiger partial charge on any atom is 0.127 e. The molecule has 5 rings (SSSR count). The standard InChI is InChI=1S/C24H28BrN5/c25-18-9-10-27-24(13-18)29-21-4-2-1-3-20(21)28-22-11-17-12-23(22)30(15-17)19-7-5-16(14-26)6-8-19/h5-10,13,17,20-23,28H,1-4,11-12,15H2,(H,27,29)/t17-,20-,21-,22+,23-/m1/s1. The Morgan fingerprint density at radius 3 is 2.57 bits per heavy atom. The summed E-state index contributed by atoms with van der Waals surface area (Å²) in [6.07, 6.45) is 9.37. The van der Waals surface area contributed by atoms with Crippen molar-refractivity contribution in [3.05, 3.63) is 52.6 Å². The third-order valence-corrected chi connectivity index (χ3v) is 7.55. The molecule has 3 aliphatic rings. The van der Waals surface area contributed by atoms with Gasteiger partial charge in [-0.25, -0.2) is 4.98 Å². The third kappa shape index (κ3) is 4.06. The van der Waals surface area contributed by atoms with E-state index in [1.807, 2.05) is 24.4 Å². The van der Waals surface area contributed by atoms with Crippen LogP contribution in [0.2, 0.25) is 0 Å². The maximum atomic E-state index is 9.08. The number of fused-ring (bicyclic) bond motifs is 2. The lowest BCUT2D eigenvalue weighted by molar-refractivity contribution is 0.289. The Morgan fingerprint density at radius 1 is 1.03 bits per heavy atom. The molecule has 30 heavy (non-hydrogen) atoms. The Hall–Kier alpha value is -2.10. The zero-order valence-corrected chi connectivity index (χ0v) is 18.7. The van der Waals surface area contributed by atoms with Crippen molar-refractivity contribution in [2.75, 3.05) is 16.8 Å². The monoisotopic (exact) mass is 465 g/mol. The normalized spacial score (nSPS) is 30.3. The maximum absolute atomic E-state index is 9.08. The molecule has 5 nitrogen and oxygen atoms in total. The Kier molecular flexibility index (Phi) is 5.66. The lowest BCUT2D eigenvalue weighted by Crippen LogP contribution is -2.56. The molecule has 0 spiro atoms. The number of hydrogen-bond acceptors (Lipinski definition) is 5. The smallest absolute Gasteiger partial charge is 0.127 e. The predicted molar refractivity (Wildman–Crippen MR) is 124 cm³/mol. The van der Waals surface area contributed by atoms with Crippen LogP contribution in [0.15, 0.2) is 47.1 Å². The summed E-state index contributed by atoms with van der Waals surface area (Å²) >= 11 is 3.55. The Balaban J connectivity index is 1.27. The van der Waals surface area contributed by atoms with Gasteiger partial charge < -0.3 is 15.5 Å². The fraction of sp³-hybridized carbons (Fsp3) is 0.500. The van der Waals surface area contributed by atoms with E-state index >= 15 is 0 Å². The lowest BCUT2D eigenvalue weighted by atomic mass is 9.89. The van der Waals surface area contributed by atoms with Gasteiger partial charge in [0.05, 0.1) is 11.6 Å². The van der Waals surface area contributed by atoms with Crippen LogP contribution in [0.4, 0.5) is 11.5 Å². The van der Waals surface area contributed by atoms with Crippen molar-refractivity contribution in [1.82, 2.24) is 10.3 Å². The first-order chi connectivity index (χ1) is 14.7. The van der Waals surface area contributed by atoms with E-state index in [1.54, 1.807) is 0 Å². The van der Waals surface area contributed by atoms with Crippen molar-refractivity contribution in [3.8, 4) is 6.07 Å². The zero-order chi connectivity index (χ0) is 20.5. The summed E-state index contributed by atoms with van der Waals surface area (Å²) in [4.78, 5) is 7.07. The summed E-state index contributed by atoms with van der Waals surface area (Å²) in [6, 6.07) is 16.3. The molecule has 1 aromatic carbocycles. The molecule has 1 aliphatic heterocycles. The molecule has 2 N–H and O–H groups in total. The first-order valence-corrected chi connectivity index (χ1v) is 11.9. The average molecular weight is 466 g/mol. The molecule has 2 aliphatic carbocycles. The molecule has 2 heterocycles. The summed E-state index contributed by atoms with van der Waals surface area (Å²) in [5.41, 5.74) is 1.99. The van der Waals surface area contributed by atoms with Gasteiger partial charge in [-0.05, 0) is 68.0 Å². The number of hydrogen-bond donors (Lipinski definition) is 2. The highest BCUT2D eigenvalue weighted by Gasteiger charge is 2.46. The minimum absolute atomic E-state index is 0.419. The number of piperidine rings is 1. The number of anilines is 2. The second-order valence-electron chi connectivity index (χ2n) is 8.99. The van der Waals surface area contributed by atoms with Crippen LogP contribution >= 0.6 is 15.9 Å². The fourth-order valence-electron chi connectivity index (χ4n) is 5.68. The van der Waals surface area contributed by atoms with E-state index in [0.717, 1.165) is 28.3 Å². The topological polar surface area (TPSA) is 64.0 Å². The highest BCUT2D eigenvalue weighted by atomic mass is 79.9. The molecule has 1 aromatic heterocycles. The minimum Gasteiger partial charge on any atom is -0.367 e. The van der Waals surface area contributed by atoms with Crippen LogP contribution in [0.25, 0.3) is 0 Å². The van der Waals surface area contributed by atoms with Gasteiger partial charge in [0.2, 0.25) is 0 Å². The minimum atomic E-state index is 0.419. The van der Waals surface area contributed by atoms with Gasteiger partial charge in [-0.3, -0.25) is 0 Å². The van der Waals surface area contributed by atoms with Gasteiger partial charge in [0.25, 0.3) is 0 Å². The molecule has 2 saturated carbocycles. The number of aromatic nitrogens is 1. The van der Waals surface area contributed by atoms with Crippen LogP contribution < -0.4 is 15.5 Å². The average Bonchev–Trinajstić information content (AvgIpc) is 3.36. The quantitative estimate of drug-likeness (QED) is 0.669. The Bertz CT molecular complexity index is 924. The van der Waals surface area contributed by atoms with Gasteiger partial charge in [-0.1, -0.05) is 28.8 Å². The van der Waals surface area contributed by atoms with E-state index in [9.17, 15) is 0 Å². The van der Waals surface area contributed by atoms with E-state index < -0.39 is 0 Å². The van der Waals surface area contributed by atoms with E-state index in [4.69, 9.17) is 5.26 Å². The van der Waals surface area contributed by atoms with Crippen molar-refractivity contribution >= 4 is 27.4 Å². The van der Waals surface area contributed by atoms with E-state index in [2.05, 4.69) is 60.7 Å². The molecule has 3 fully saturated rings. The summed E-state index contributed by atoms with van der Waals surface area (Å²) in [5, 5.41) is 16.8. The molecule has 2 aromatic rings. The highest BCUT2D eigenvalue weighted by Crippen LogP contribution is 2.41. The van der Waals surface area contributed by atoms with Crippen molar-refractivity contribution in [2.24, 2.45) is 5.92 Å². The predicted octanol–water partition coefficient (Wildman–Crippen LogP) is 4.70. The van der Waals surface area contributed by atoms with E-state index in [-0.39, 0.29) is 0 Å². The number of pyridine rings is 1. The van der Waals surface area contributed by atoms with Gasteiger partial charge in [-0.15, -0.1) is 0 Å². The molecule has 2 bridgehead atoms. The molecule has 0 radical (unpaired) electrons.